The highest BCUT2D eigenvalue weighted by molar-refractivity contribution is 6.31. The summed E-state index contributed by atoms with van der Waals surface area (Å²) in [6, 6.07) is 11.8. The fourth-order valence-corrected chi connectivity index (χ4v) is 2.71. The molecule has 2 amide bonds. The van der Waals surface area contributed by atoms with Gasteiger partial charge in [-0.2, -0.15) is 0 Å². The van der Waals surface area contributed by atoms with Crippen molar-refractivity contribution in [1.82, 2.24) is 0 Å². The molecule has 160 valence electrons. The van der Waals surface area contributed by atoms with Gasteiger partial charge in [-0.05, 0) is 36.8 Å². The van der Waals surface area contributed by atoms with Crippen LogP contribution in [0.25, 0.3) is 0 Å². The van der Waals surface area contributed by atoms with Crippen molar-refractivity contribution in [2.24, 2.45) is 0 Å². The first kappa shape index (κ1) is 23.0. The van der Waals surface area contributed by atoms with Crippen LogP contribution in [-0.2, 0) is 19.1 Å². The van der Waals surface area contributed by atoms with E-state index in [-0.39, 0.29) is 25.2 Å². The van der Waals surface area contributed by atoms with E-state index in [1.807, 2.05) is 0 Å². The highest BCUT2D eigenvalue weighted by Gasteiger charge is 2.12. The third-order valence-corrected chi connectivity index (χ3v) is 4.20. The second-order valence-electron chi connectivity index (χ2n) is 6.16. The minimum absolute atomic E-state index is 0.00202. The Morgan fingerprint density at radius 2 is 1.53 bits per heavy atom. The van der Waals surface area contributed by atoms with Crippen molar-refractivity contribution >= 4 is 40.8 Å². The number of hydrogen-bond acceptors (Lipinski definition) is 6. The van der Waals surface area contributed by atoms with Gasteiger partial charge in [0, 0.05) is 17.9 Å². The number of nitrogens with one attached hydrogen (secondary N) is 2. The summed E-state index contributed by atoms with van der Waals surface area (Å²) < 4.78 is 15.2. The summed E-state index contributed by atoms with van der Waals surface area (Å²) >= 11 is 5.92. The first-order valence-electron chi connectivity index (χ1n) is 9.14. The lowest BCUT2D eigenvalue weighted by Gasteiger charge is -2.11. The Hall–Kier alpha value is -3.26. The first-order valence-corrected chi connectivity index (χ1v) is 9.52. The second-order valence-corrected chi connectivity index (χ2v) is 6.59. The van der Waals surface area contributed by atoms with E-state index < -0.39 is 18.5 Å². The van der Waals surface area contributed by atoms with Crippen molar-refractivity contribution in [2.45, 2.75) is 19.3 Å². The Morgan fingerprint density at radius 1 is 0.867 bits per heavy atom. The number of methoxy groups -OCH3 is 2. The Bertz CT molecular complexity index is 903. The molecule has 8 nitrogen and oxygen atoms in total. The highest BCUT2D eigenvalue weighted by atomic mass is 35.5. The molecule has 0 aliphatic rings. The molecule has 2 aromatic carbocycles. The standard InChI is InChI=1S/C21H23ClN2O6/c1-28-17-7-4-3-6-15(17)23-20(26)13-30-21(27)9-5-8-19(25)24-16-12-14(22)10-11-18(16)29-2/h3-4,6-7,10-12H,5,8-9,13H2,1-2H3,(H,23,26)(H,24,25). The molecule has 0 bridgehead atoms. The number of ether oxygens (including phenoxy) is 3. The van der Waals surface area contributed by atoms with Crippen molar-refractivity contribution in [2.75, 3.05) is 31.5 Å². The maximum absolute atomic E-state index is 12.1. The molecule has 2 aromatic rings. The molecule has 0 saturated heterocycles. The van der Waals surface area contributed by atoms with E-state index in [2.05, 4.69) is 10.6 Å². The quantitative estimate of drug-likeness (QED) is 0.553. The molecule has 0 heterocycles. The summed E-state index contributed by atoms with van der Waals surface area (Å²) in [4.78, 5) is 35.8. The fraction of sp³-hybridized carbons (Fsp3) is 0.286. The highest BCUT2D eigenvalue weighted by Crippen LogP contribution is 2.28. The Balaban J connectivity index is 1.70. The van der Waals surface area contributed by atoms with Gasteiger partial charge in [-0.1, -0.05) is 23.7 Å². The van der Waals surface area contributed by atoms with Crippen LogP contribution in [0.5, 0.6) is 11.5 Å². The summed E-state index contributed by atoms with van der Waals surface area (Å²) in [6.45, 7) is -0.428. The number of esters is 1. The maximum atomic E-state index is 12.1. The van der Waals surface area contributed by atoms with Crippen LogP contribution in [0.3, 0.4) is 0 Å². The number of amides is 2. The Kier molecular flexibility index (Phi) is 8.96. The zero-order valence-electron chi connectivity index (χ0n) is 16.7. The molecule has 0 aliphatic carbocycles. The van der Waals surface area contributed by atoms with Crippen LogP contribution < -0.4 is 20.1 Å². The van der Waals surface area contributed by atoms with E-state index in [0.717, 1.165) is 0 Å². The molecule has 0 aromatic heterocycles. The average Bonchev–Trinajstić information content (AvgIpc) is 2.73. The molecule has 2 rings (SSSR count). The third-order valence-electron chi connectivity index (χ3n) is 3.97. The monoisotopic (exact) mass is 434 g/mol. The van der Waals surface area contributed by atoms with Gasteiger partial charge >= 0.3 is 5.97 Å². The van der Waals surface area contributed by atoms with Gasteiger partial charge in [0.05, 0.1) is 25.6 Å². The molecule has 0 saturated carbocycles. The summed E-state index contributed by atoms with van der Waals surface area (Å²) in [7, 11) is 2.97. The normalized spacial score (nSPS) is 10.1. The molecule has 0 spiro atoms. The van der Waals surface area contributed by atoms with Gasteiger partial charge < -0.3 is 24.8 Å². The van der Waals surface area contributed by atoms with Gasteiger partial charge in [0.1, 0.15) is 11.5 Å². The van der Waals surface area contributed by atoms with Gasteiger partial charge in [0.2, 0.25) is 5.91 Å². The number of anilines is 2. The van der Waals surface area contributed by atoms with E-state index in [9.17, 15) is 14.4 Å². The molecule has 0 unspecified atom stereocenters. The molecular weight excluding hydrogens is 412 g/mol. The van der Waals surface area contributed by atoms with Gasteiger partial charge in [-0.25, -0.2) is 0 Å². The SMILES string of the molecule is COc1ccc(Cl)cc1NC(=O)CCCC(=O)OCC(=O)Nc1ccccc1OC. The molecule has 0 aliphatic heterocycles. The molecule has 0 fully saturated rings. The zero-order valence-corrected chi connectivity index (χ0v) is 17.5. The van der Waals surface area contributed by atoms with Crippen LogP contribution in [0.2, 0.25) is 5.02 Å². The van der Waals surface area contributed by atoms with E-state index in [1.54, 1.807) is 42.5 Å². The molecule has 2 N–H and O–H groups in total. The van der Waals surface area contributed by atoms with Crippen LogP contribution in [0.1, 0.15) is 19.3 Å². The maximum Gasteiger partial charge on any atom is 0.306 e. The average molecular weight is 435 g/mol. The lowest BCUT2D eigenvalue weighted by atomic mass is 10.2. The third kappa shape index (κ3) is 7.29. The van der Waals surface area contributed by atoms with Crippen molar-refractivity contribution < 1.29 is 28.6 Å². The fourth-order valence-electron chi connectivity index (χ4n) is 2.54. The summed E-state index contributed by atoms with van der Waals surface area (Å²) in [5.74, 6) is -0.373. The topological polar surface area (TPSA) is 103 Å². The van der Waals surface area contributed by atoms with Gasteiger partial charge in [-0.3, -0.25) is 14.4 Å². The molecule has 0 radical (unpaired) electrons. The number of hydrogen-bond donors (Lipinski definition) is 2. The summed E-state index contributed by atoms with van der Waals surface area (Å²) in [6.07, 6.45) is 0.363. The van der Waals surface area contributed by atoms with E-state index >= 15 is 0 Å². The van der Waals surface area contributed by atoms with E-state index in [4.69, 9.17) is 25.8 Å². The number of carbonyl (C=O) groups is 3. The minimum Gasteiger partial charge on any atom is -0.495 e. The van der Waals surface area contributed by atoms with Crippen LogP contribution >= 0.6 is 11.6 Å². The molecule has 30 heavy (non-hydrogen) atoms. The van der Waals surface area contributed by atoms with Crippen molar-refractivity contribution in [3.63, 3.8) is 0 Å². The predicted octanol–water partition coefficient (Wildman–Crippen LogP) is 3.65. The van der Waals surface area contributed by atoms with Crippen molar-refractivity contribution in [3.05, 3.63) is 47.5 Å². The van der Waals surface area contributed by atoms with E-state index in [1.165, 1.54) is 14.2 Å². The van der Waals surface area contributed by atoms with Gasteiger partial charge in [-0.15, -0.1) is 0 Å². The van der Waals surface area contributed by atoms with Crippen LogP contribution in [0.4, 0.5) is 11.4 Å². The smallest absolute Gasteiger partial charge is 0.306 e. The Morgan fingerprint density at radius 3 is 2.27 bits per heavy atom. The number of benzene rings is 2. The number of para-hydroxylation sites is 2. The molecule has 9 heteroatoms. The number of rotatable bonds is 10. The van der Waals surface area contributed by atoms with E-state index in [0.29, 0.717) is 27.9 Å². The van der Waals surface area contributed by atoms with Gasteiger partial charge in [0.25, 0.3) is 5.91 Å². The molecular formula is C21H23ClN2O6. The van der Waals surface area contributed by atoms with Crippen molar-refractivity contribution in [3.8, 4) is 11.5 Å². The largest absolute Gasteiger partial charge is 0.495 e. The number of carbonyl (C=O) groups excluding carboxylic acids is 3. The minimum atomic E-state index is -0.571. The second kappa shape index (κ2) is 11.7. The van der Waals surface area contributed by atoms with Crippen LogP contribution in [0, 0.1) is 0 Å². The number of halogens is 1. The van der Waals surface area contributed by atoms with Gasteiger partial charge in [0.15, 0.2) is 6.61 Å². The summed E-state index contributed by atoms with van der Waals surface area (Å²) in [5.41, 5.74) is 0.930. The van der Waals surface area contributed by atoms with Crippen LogP contribution in [0.15, 0.2) is 42.5 Å². The lowest BCUT2D eigenvalue weighted by molar-refractivity contribution is -0.147. The first-order chi connectivity index (χ1) is 14.4. The predicted molar refractivity (Wildman–Crippen MR) is 113 cm³/mol. The molecule has 0 atom stereocenters. The summed E-state index contributed by atoms with van der Waals surface area (Å²) in [5, 5.41) is 5.75. The van der Waals surface area contributed by atoms with Crippen LogP contribution in [-0.4, -0.2) is 38.6 Å². The van der Waals surface area contributed by atoms with Crippen molar-refractivity contribution in [1.29, 1.82) is 0 Å². The Labute approximate surface area is 179 Å². The zero-order chi connectivity index (χ0) is 21.9. The lowest BCUT2D eigenvalue weighted by Crippen LogP contribution is -2.21.